The molecule has 1 amide bonds. The third-order valence-electron chi connectivity index (χ3n) is 3.72. The Balaban J connectivity index is 1.78. The average molecular weight is 350 g/mol. The zero-order valence-corrected chi connectivity index (χ0v) is 13.2. The second kappa shape index (κ2) is 5.93. The summed E-state index contributed by atoms with van der Waals surface area (Å²) in [5.74, 6) is 1.20. The number of furan rings is 1. The molecule has 2 aromatic rings. The highest BCUT2D eigenvalue weighted by Gasteiger charge is 2.34. The molecule has 1 heterocycles. The highest BCUT2D eigenvalue weighted by molar-refractivity contribution is 9.10. The van der Waals surface area contributed by atoms with Gasteiger partial charge in [-0.15, -0.1) is 0 Å². The van der Waals surface area contributed by atoms with Crippen LogP contribution >= 0.6 is 15.9 Å². The number of rotatable bonds is 5. The summed E-state index contributed by atoms with van der Waals surface area (Å²) in [5, 5.41) is 3.11. The number of methoxy groups -OCH3 is 1. The van der Waals surface area contributed by atoms with Gasteiger partial charge in [-0.25, -0.2) is 0 Å². The van der Waals surface area contributed by atoms with Crippen molar-refractivity contribution in [3.63, 3.8) is 0 Å². The monoisotopic (exact) mass is 349 g/mol. The zero-order valence-electron chi connectivity index (χ0n) is 11.6. The first kappa shape index (κ1) is 14.2. The summed E-state index contributed by atoms with van der Waals surface area (Å²) in [6, 6.07) is 9.55. The molecule has 1 aromatic heterocycles. The van der Waals surface area contributed by atoms with Crippen LogP contribution in [0.25, 0.3) is 0 Å². The van der Waals surface area contributed by atoms with Crippen molar-refractivity contribution in [2.24, 2.45) is 5.92 Å². The SMILES string of the molecule is COc1ccc(C(NC(=O)c2ccoc2Br)C2CC2)cc1. The van der Waals surface area contributed by atoms with E-state index in [1.807, 2.05) is 24.3 Å². The molecule has 110 valence electrons. The van der Waals surface area contributed by atoms with Crippen LogP contribution in [0.3, 0.4) is 0 Å². The van der Waals surface area contributed by atoms with Gasteiger partial charge in [0, 0.05) is 0 Å². The van der Waals surface area contributed by atoms with Gasteiger partial charge in [0.25, 0.3) is 5.91 Å². The number of hydrogen-bond donors (Lipinski definition) is 1. The van der Waals surface area contributed by atoms with Crippen LogP contribution in [0.5, 0.6) is 5.75 Å². The van der Waals surface area contributed by atoms with Gasteiger partial charge in [0.15, 0.2) is 4.67 Å². The maximum Gasteiger partial charge on any atom is 0.256 e. The Bertz CT molecular complexity index is 631. The van der Waals surface area contributed by atoms with Crippen LogP contribution < -0.4 is 10.1 Å². The number of carbonyl (C=O) groups is 1. The van der Waals surface area contributed by atoms with Crippen LogP contribution in [0, 0.1) is 5.92 Å². The number of hydrogen-bond acceptors (Lipinski definition) is 3. The molecule has 4 nitrogen and oxygen atoms in total. The second-order valence-electron chi connectivity index (χ2n) is 5.17. The molecular weight excluding hydrogens is 334 g/mol. The lowest BCUT2D eigenvalue weighted by atomic mass is 10.0. The van der Waals surface area contributed by atoms with Gasteiger partial charge in [0.05, 0.1) is 25.0 Å². The van der Waals surface area contributed by atoms with Crippen molar-refractivity contribution in [2.45, 2.75) is 18.9 Å². The molecule has 1 N–H and O–H groups in total. The molecule has 1 unspecified atom stereocenters. The van der Waals surface area contributed by atoms with Gasteiger partial charge < -0.3 is 14.5 Å². The van der Waals surface area contributed by atoms with E-state index in [9.17, 15) is 4.79 Å². The topological polar surface area (TPSA) is 51.5 Å². The van der Waals surface area contributed by atoms with Crippen molar-refractivity contribution in [1.29, 1.82) is 0 Å². The molecule has 1 aliphatic carbocycles. The van der Waals surface area contributed by atoms with E-state index in [1.165, 1.54) is 6.26 Å². The maximum atomic E-state index is 12.3. The van der Waals surface area contributed by atoms with E-state index in [4.69, 9.17) is 9.15 Å². The van der Waals surface area contributed by atoms with Crippen LogP contribution in [0.1, 0.15) is 34.8 Å². The Morgan fingerprint density at radius 3 is 2.57 bits per heavy atom. The summed E-state index contributed by atoms with van der Waals surface area (Å²) < 4.78 is 10.8. The maximum absolute atomic E-state index is 12.3. The lowest BCUT2D eigenvalue weighted by Gasteiger charge is -2.19. The van der Waals surface area contributed by atoms with Crippen LogP contribution in [-0.4, -0.2) is 13.0 Å². The van der Waals surface area contributed by atoms with Crippen molar-refractivity contribution in [3.8, 4) is 5.75 Å². The van der Waals surface area contributed by atoms with E-state index >= 15 is 0 Å². The summed E-state index contributed by atoms with van der Waals surface area (Å²) in [6.45, 7) is 0. The van der Waals surface area contributed by atoms with Crippen molar-refractivity contribution < 1.29 is 13.9 Å². The van der Waals surface area contributed by atoms with E-state index in [1.54, 1.807) is 13.2 Å². The zero-order chi connectivity index (χ0) is 14.8. The fourth-order valence-corrected chi connectivity index (χ4v) is 2.81. The Hall–Kier alpha value is -1.75. The smallest absolute Gasteiger partial charge is 0.256 e. The summed E-state index contributed by atoms with van der Waals surface area (Å²) in [6.07, 6.45) is 3.78. The third-order valence-corrected chi connectivity index (χ3v) is 4.33. The molecule has 21 heavy (non-hydrogen) atoms. The molecule has 1 atom stereocenters. The second-order valence-corrected chi connectivity index (χ2v) is 5.89. The fourth-order valence-electron chi connectivity index (χ4n) is 2.39. The van der Waals surface area contributed by atoms with Crippen molar-refractivity contribution >= 4 is 21.8 Å². The molecule has 1 saturated carbocycles. The Kier molecular flexibility index (Phi) is 4.01. The van der Waals surface area contributed by atoms with Crippen molar-refractivity contribution in [2.75, 3.05) is 7.11 Å². The van der Waals surface area contributed by atoms with E-state index in [2.05, 4.69) is 21.2 Å². The Morgan fingerprint density at radius 1 is 1.33 bits per heavy atom. The molecular formula is C16H16BrNO3. The molecule has 3 rings (SSSR count). The van der Waals surface area contributed by atoms with Crippen molar-refractivity contribution in [3.05, 3.63) is 52.4 Å². The van der Waals surface area contributed by atoms with Crippen LogP contribution in [-0.2, 0) is 0 Å². The number of carbonyl (C=O) groups excluding carboxylic acids is 1. The van der Waals surface area contributed by atoms with Gasteiger partial charge in [0.1, 0.15) is 5.75 Å². The normalized spacial score (nSPS) is 15.5. The van der Waals surface area contributed by atoms with Crippen LogP contribution in [0.15, 0.2) is 45.7 Å². The minimum Gasteiger partial charge on any atom is -0.497 e. The summed E-state index contributed by atoms with van der Waals surface area (Å²) in [4.78, 5) is 12.3. The average Bonchev–Trinajstić information content (AvgIpc) is 3.26. The van der Waals surface area contributed by atoms with E-state index in [-0.39, 0.29) is 11.9 Å². The van der Waals surface area contributed by atoms with Crippen molar-refractivity contribution in [1.82, 2.24) is 5.32 Å². The third kappa shape index (κ3) is 3.13. The number of amides is 1. The quantitative estimate of drug-likeness (QED) is 0.889. The molecule has 1 aliphatic rings. The lowest BCUT2D eigenvalue weighted by molar-refractivity contribution is 0.0930. The largest absolute Gasteiger partial charge is 0.497 e. The van der Waals surface area contributed by atoms with Gasteiger partial charge in [-0.2, -0.15) is 0 Å². The minimum absolute atomic E-state index is 0.0326. The molecule has 0 spiro atoms. The number of nitrogens with one attached hydrogen (secondary N) is 1. The molecule has 0 radical (unpaired) electrons. The van der Waals surface area contributed by atoms with Gasteiger partial charge in [-0.1, -0.05) is 12.1 Å². The number of halogens is 1. The predicted octanol–water partition coefficient (Wildman–Crippen LogP) is 3.93. The Labute approximate surface area is 131 Å². The van der Waals surface area contributed by atoms with E-state index in [0.717, 1.165) is 24.2 Å². The molecule has 1 fully saturated rings. The first-order valence-electron chi connectivity index (χ1n) is 6.87. The standard InChI is InChI=1S/C16H16BrNO3/c1-20-12-6-4-11(5-7-12)14(10-2-3-10)18-16(19)13-8-9-21-15(13)17/h4-10,14H,2-3H2,1H3,(H,18,19). The van der Waals surface area contributed by atoms with Gasteiger partial charge in [-0.05, 0) is 58.5 Å². The first-order valence-corrected chi connectivity index (χ1v) is 7.66. The van der Waals surface area contributed by atoms with Gasteiger partial charge in [-0.3, -0.25) is 4.79 Å². The minimum atomic E-state index is -0.122. The lowest BCUT2D eigenvalue weighted by Crippen LogP contribution is -2.29. The number of benzene rings is 1. The molecule has 0 bridgehead atoms. The summed E-state index contributed by atoms with van der Waals surface area (Å²) >= 11 is 3.24. The summed E-state index contributed by atoms with van der Waals surface area (Å²) in [5.41, 5.74) is 1.63. The number of ether oxygens (including phenoxy) is 1. The Morgan fingerprint density at radius 2 is 2.05 bits per heavy atom. The highest BCUT2D eigenvalue weighted by Crippen LogP contribution is 2.41. The molecule has 0 saturated heterocycles. The molecule has 0 aliphatic heterocycles. The predicted molar refractivity (Wildman–Crippen MR) is 82.3 cm³/mol. The van der Waals surface area contributed by atoms with Crippen LogP contribution in [0.2, 0.25) is 0 Å². The fraction of sp³-hybridized carbons (Fsp3) is 0.312. The van der Waals surface area contributed by atoms with Gasteiger partial charge in [0.2, 0.25) is 0 Å². The molecule has 5 heteroatoms. The highest BCUT2D eigenvalue weighted by atomic mass is 79.9. The first-order chi connectivity index (χ1) is 10.2. The van der Waals surface area contributed by atoms with Crippen LogP contribution in [0.4, 0.5) is 0 Å². The van der Waals surface area contributed by atoms with E-state index in [0.29, 0.717) is 16.2 Å². The summed E-state index contributed by atoms with van der Waals surface area (Å²) in [7, 11) is 1.64. The van der Waals surface area contributed by atoms with E-state index < -0.39 is 0 Å². The molecule has 1 aromatic carbocycles. The van der Waals surface area contributed by atoms with Gasteiger partial charge >= 0.3 is 0 Å².